The molecule has 0 aliphatic rings. The van der Waals surface area contributed by atoms with E-state index in [0.717, 1.165) is 6.07 Å². The van der Waals surface area contributed by atoms with Gasteiger partial charge in [0.2, 0.25) is 0 Å². The zero-order valence-electron chi connectivity index (χ0n) is 10.8. The average Bonchev–Trinajstić information content (AvgIpc) is 2.42. The van der Waals surface area contributed by atoms with Crippen molar-refractivity contribution in [2.45, 2.75) is 18.8 Å². The van der Waals surface area contributed by atoms with E-state index in [0.29, 0.717) is 13.0 Å². The first-order chi connectivity index (χ1) is 9.98. The van der Waals surface area contributed by atoms with E-state index in [-0.39, 0.29) is 12.1 Å². The summed E-state index contributed by atoms with van der Waals surface area (Å²) in [6, 6.07) is 6.36. The lowest BCUT2D eigenvalue weighted by Crippen LogP contribution is -2.24. The Kier molecular flexibility index (Phi) is 6.33. The molecular weight excluding hydrogens is 287 g/mol. The Labute approximate surface area is 118 Å². The molecule has 0 heterocycles. The van der Waals surface area contributed by atoms with Gasteiger partial charge in [-0.05, 0) is 24.6 Å². The lowest BCUT2D eigenvalue weighted by Gasteiger charge is -2.17. The highest BCUT2D eigenvalue weighted by Gasteiger charge is 2.32. The maximum absolute atomic E-state index is 12.3. The molecule has 112 valence electrons. The summed E-state index contributed by atoms with van der Waals surface area (Å²) in [5.74, 6) is -0.418. The maximum Gasteiger partial charge on any atom is 0.573 e. The van der Waals surface area contributed by atoms with Gasteiger partial charge in [-0.3, -0.25) is 5.32 Å². The van der Waals surface area contributed by atoms with Crippen LogP contribution in [0.3, 0.4) is 0 Å². The van der Waals surface area contributed by atoms with Crippen LogP contribution in [0.25, 0.3) is 10.4 Å². The second kappa shape index (κ2) is 7.99. The molecule has 0 aliphatic heterocycles. The molecule has 0 radical (unpaired) electrons. The second-order valence-electron chi connectivity index (χ2n) is 3.91. The van der Waals surface area contributed by atoms with Crippen LogP contribution in [0.15, 0.2) is 29.4 Å². The maximum atomic E-state index is 12.3. The highest BCUT2D eigenvalue weighted by atomic mass is 19.4. The third-order valence-electron chi connectivity index (χ3n) is 2.43. The summed E-state index contributed by atoms with van der Waals surface area (Å²) in [5, 5.41) is 15.2. The number of ether oxygens (including phenoxy) is 1. The fraction of sp³-hybridized carbons (Fsp3) is 0.417. The summed E-state index contributed by atoms with van der Waals surface area (Å²) in [6.45, 7) is 0.556. The van der Waals surface area contributed by atoms with E-state index in [1.807, 2.05) is 6.07 Å². The molecule has 9 heteroatoms. The molecule has 0 aliphatic carbocycles. The van der Waals surface area contributed by atoms with Crippen molar-refractivity contribution in [2.24, 2.45) is 5.11 Å². The number of hydrogen-bond acceptors (Lipinski definition) is 4. The fourth-order valence-corrected chi connectivity index (χ4v) is 1.60. The van der Waals surface area contributed by atoms with Crippen LogP contribution < -0.4 is 10.1 Å². The summed E-state index contributed by atoms with van der Waals surface area (Å²) in [6.07, 6.45) is -4.36. The predicted molar refractivity (Wildman–Crippen MR) is 68.1 cm³/mol. The van der Waals surface area contributed by atoms with Gasteiger partial charge in [-0.1, -0.05) is 23.3 Å². The molecule has 21 heavy (non-hydrogen) atoms. The second-order valence-corrected chi connectivity index (χ2v) is 3.91. The number of azide groups is 1. The third kappa shape index (κ3) is 6.03. The van der Waals surface area contributed by atoms with Crippen molar-refractivity contribution in [3.8, 4) is 11.8 Å². The van der Waals surface area contributed by atoms with Crippen LogP contribution in [0.5, 0.6) is 5.75 Å². The molecule has 1 unspecified atom stereocenters. The minimum Gasteiger partial charge on any atom is -0.405 e. The molecule has 1 aromatic carbocycles. The van der Waals surface area contributed by atoms with Crippen LogP contribution in [-0.4, -0.2) is 19.5 Å². The van der Waals surface area contributed by atoms with Crippen LogP contribution in [0.1, 0.15) is 18.0 Å². The van der Waals surface area contributed by atoms with Gasteiger partial charge < -0.3 is 4.74 Å². The molecule has 0 saturated carbocycles. The minimum absolute atomic E-state index is 0.0982. The molecule has 0 aromatic heterocycles. The smallest absolute Gasteiger partial charge is 0.405 e. The summed E-state index contributed by atoms with van der Waals surface area (Å²) < 4.78 is 40.8. The molecule has 1 aromatic rings. The predicted octanol–water partition coefficient (Wildman–Crippen LogP) is 3.44. The van der Waals surface area contributed by atoms with Gasteiger partial charge in [0, 0.05) is 17.0 Å². The van der Waals surface area contributed by atoms with Gasteiger partial charge in [-0.25, -0.2) is 0 Å². The van der Waals surface area contributed by atoms with Crippen LogP contribution in [0.2, 0.25) is 0 Å². The summed E-state index contributed by atoms with van der Waals surface area (Å²) in [7, 11) is 0. The molecule has 1 rings (SSSR count). The van der Waals surface area contributed by atoms with Gasteiger partial charge in [0.1, 0.15) is 11.8 Å². The number of halogens is 3. The quantitative estimate of drug-likeness (QED) is 0.361. The van der Waals surface area contributed by atoms with Gasteiger partial charge in [0.15, 0.2) is 0 Å². The minimum atomic E-state index is -4.82. The number of hydrogen-bond donors (Lipinski definition) is 1. The number of nitrogens with zero attached hydrogens (tertiary/aromatic N) is 4. The van der Waals surface area contributed by atoms with Gasteiger partial charge in [-0.2, -0.15) is 5.26 Å². The van der Waals surface area contributed by atoms with Crippen LogP contribution >= 0.6 is 0 Å². The normalized spacial score (nSPS) is 12.1. The van der Waals surface area contributed by atoms with E-state index in [9.17, 15) is 13.2 Å². The van der Waals surface area contributed by atoms with E-state index in [1.165, 1.54) is 18.2 Å². The Hall–Kier alpha value is -2.43. The van der Waals surface area contributed by atoms with Gasteiger partial charge in [-0.15, -0.1) is 13.2 Å². The first-order valence-electron chi connectivity index (χ1n) is 5.96. The molecule has 1 atom stereocenters. The van der Waals surface area contributed by atoms with Crippen molar-refractivity contribution in [3.63, 3.8) is 0 Å². The van der Waals surface area contributed by atoms with E-state index in [2.05, 4.69) is 20.1 Å². The van der Waals surface area contributed by atoms with E-state index in [1.54, 1.807) is 0 Å². The van der Waals surface area contributed by atoms with E-state index in [4.69, 9.17) is 10.8 Å². The van der Waals surface area contributed by atoms with Gasteiger partial charge in [0.25, 0.3) is 0 Å². The standard InChI is InChI=1S/C12H12F3N5O/c13-12(14,15)21-11-5-2-1-4-9(11)10(8-16)18-6-3-7-19-20-17/h1-2,4-5,10,18H,3,6-7H2. The zero-order valence-corrected chi connectivity index (χ0v) is 10.8. The molecule has 1 N–H and O–H groups in total. The first kappa shape index (κ1) is 16.6. The summed E-state index contributed by atoms with van der Waals surface area (Å²) >= 11 is 0. The van der Waals surface area contributed by atoms with Gasteiger partial charge in [0.05, 0.1) is 6.07 Å². The van der Waals surface area contributed by atoms with Crippen molar-refractivity contribution in [1.82, 2.24) is 5.32 Å². The molecule has 0 fully saturated rings. The van der Waals surface area contributed by atoms with E-state index < -0.39 is 18.2 Å². The highest BCUT2D eigenvalue weighted by Crippen LogP contribution is 2.29. The lowest BCUT2D eigenvalue weighted by molar-refractivity contribution is -0.274. The Bertz CT molecular complexity index is 549. The first-order valence-corrected chi connectivity index (χ1v) is 5.96. The van der Waals surface area contributed by atoms with Crippen molar-refractivity contribution in [1.29, 1.82) is 5.26 Å². The van der Waals surface area contributed by atoms with Crippen LogP contribution in [0.4, 0.5) is 13.2 Å². The topological polar surface area (TPSA) is 93.8 Å². The van der Waals surface area contributed by atoms with Crippen molar-refractivity contribution >= 4 is 0 Å². The fourth-order valence-electron chi connectivity index (χ4n) is 1.60. The molecular formula is C12H12F3N5O. The summed E-state index contributed by atoms with van der Waals surface area (Å²) in [4.78, 5) is 2.57. The molecule has 0 saturated heterocycles. The number of benzene rings is 1. The molecule has 0 spiro atoms. The monoisotopic (exact) mass is 299 g/mol. The molecule has 0 bridgehead atoms. The Balaban J connectivity index is 2.76. The lowest BCUT2D eigenvalue weighted by atomic mass is 10.1. The number of rotatable bonds is 7. The summed E-state index contributed by atoms with van der Waals surface area (Å²) in [5.41, 5.74) is 8.20. The SMILES string of the molecule is N#CC(NCCCN=[N+]=[N-])c1ccccc1OC(F)(F)F. The number of nitrogens with one attached hydrogen (secondary N) is 1. The van der Waals surface area contributed by atoms with Crippen molar-refractivity contribution in [3.05, 3.63) is 40.3 Å². The number of alkyl halides is 3. The Morgan fingerprint density at radius 1 is 1.43 bits per heavy atom. The van der Waals surface area contributed by atoms with Crippen LogP contribution in [0, 0.1) is 11.3 Å². The van der Waals surface area contributed by atoms with Crippen molar-refractivity contribution in [2.75, 3.05) is 13.1 Å². The Morgan fingerprint density at radius 3 is 2.76 bits per heavy atom. The zero-order chi connectivity index (χ0) is 15.7. The van der Waals surface area contributed by atoms with Crippen molar-refractivity contribution < 1.29 is 17.9 Å². The highest BCUT2D eigenvalue weighted by molar-refractivity contribution is 5.38. The molecule has 0 amide bonds. The van der Waals surface area contributed by atoms with Crippen LogP contribution in [-0.2, 0) is 0 Å². The largest absolute Gasteiger partial charge is 0.573 e. The van der Waals surface area contributed by atoms with Gasteiger partial charge >= 0.3 is 6.36 Å². The Morgan fingerprint density at radius 2 is 2.14 bits per heavy atom. The number of nitriles is 1. The van der Waals surface area contributed by atoms with E-state index >= 15 is 0 Å². The average molecular weight is 299 g/mol. The molecule has 6 nitrogen and oxygen atoms in total. The number of para-hydroxylation sites is 1. The third-order valence-corrected chi connectivity index (χ3v) is 2.43.